The Morgan fingerprint density at radius 3 is 2.44 bits per heavy atom. The van der Waals surface area contributed by atoms with Gasteiger partial charge in [0.15, 0.2) is 11.6 Å². The van der Waals surface area contributed by atoms with Gasteiger partial charge in [-0.25, -0.2) is 22.4 Å². The molecule has 3 heterocycles. The molecule has 0 bridgehead atoms. The van der Waals surface area contributed by atoms with E-state index in [0.717, 1.165) is 28.8 Å². The van der Waals surface area contributed by atoms with Crippen molar-refractivity contribution in [3.05, 3.63) is 94.4 Å². The van der Waals surface area contributed by atoms with Gasteiger partial charge in [-0.3, -0.25) is 14.2 Å². The second-order valence-corrected chi connectivity index (χ2v) is 12.5. The fourth-order valence-corrected chi connectivity index (χ4v) is 6.07. The van der Waals surface area contributed by atoms with Crippen molar-refractivity contribution in [3.63, 3.8) is 0 Å². The zero-order valence-electron chi connectivity index (χ0n) is 25.6. The summed E-state index contributed by atoms with van der Waals surface area (Å²) in [5, 5.41) is 5.36. The Bertz CT molecular complexity index is 1980. The molecule has 1 saturated heterocycles. The summed E-state index contributed by atoms with van der Waals surface area (Å²) in [6.07, 6.45) is 6.32. The first-order valence-corrected chi connectivity index (χ1v) is 16.3. The number of nitrogens with zero attached hydrogens (tertiary/aromatic N) is 5. The summed E-state index contributed by atoms with van der Waals surface area (Å²) in [6.45, 7) is 6.50. The van der Waals surface area contributed by atoms with Crippen LogP contribution in [0.3, 0.4) is 0 Å². The van der Waals surface area contributed by atoms with Crippen molar-refractivity contribution in [2.45, 2.75) is 26.2 Å². The minimum absolute atomic E-state index is 0.0580. The Morgan fingerprint density at radius 1 is 1.16 bits per heavy atom. The van der Waals surface area contributed by atoms with E-state index in [2.05, 4.69) is 34.6 Å². The van der Waals surface area contributed by atoms with Crippen molar-refractivity contribution < 1.29 is 13.2 Å². The van der Waals surface area contributed by atoms with E-state index in [0.29, 0.717) is 37.1 Å². The van der Waals surface area contributed by atoms with Gasteiger partial charge in [0.1, 0.15) is 5.56 Å². The van der Waals surface area contributed by atoms with Gasteiger partial charge in [0.05, 0.1) is 11.6 Å². The van der Waals surface area contributed by atoms with E-state index < -0.39 is 15.9 Å². The molecule has 12 heteroatoms. The van der Waals surface area contributed by atoms with Crippen LogP contribution in [0.4, 0.5) is 11.6 Å². The number of benzene rings is 2. The molecule has 0 spiro atoms. The molecule has 5 rings (SSSR count). The first-order valence-electron chi connectivity index (χ1n) is 14.4. The Morgan fingerprint density at radius 2 is 1.84 bits per heavy atom. The monoisotopic (exact) mass is 627 g/mol. The second kappa shape index (κ2) is 14.2. The molecule has 11 nitrogen and oxygen atoms in total. The fraction of sp³-hybridized carbons (Fsp3) is 0.273. The number of amides is 1. The number of nitrogens with two attached hydrogens (primary N) is 2. The van der Waals surface area contributed by atoms with Gasteiger partial charge in [-0.1, -0.05) is 61.8 Å². The summed E-state index contributed by atoms with van der Waals surface area (Å²) in [6, 6.07) is 17.5. The minimum atomic E-state index is -3.15. The number of carbonyl (C=O) groups is 1. The lowest BCUT2D eigenvalue weighted by Gasteiger charge is -2.27. The molecular formula is C33H37N7O4S. The Labute approximate surface area is 262 Å². The standard InChI is InChI=1S/C25H26N2O3S.C8H11N5O/c1-3-22-18-21-9-7-8-20(13-12-19-14-16-26(17-15-19)31(2,29)30)24(21)25(28)27(22)23-10-5-4-6-11-23;1-3-4-11-8-5(7(10)14)6(9)12-13(8)2/h4-11,18-19H,3,14-17H2,1-2H3;3-4H,1H2,2H3,(H2,9,12)(H2,10,14)/b;11-4-. The Hall–Kier alpha value is -4.99. The van der Waals surface area contributed by atoms with Crippen LogP contribution in [0, 0.1) is 17.8 Å². The van der Waals surface area contributed by atoms with Crippen LogP contribution < -0.4 is 17.0 Å². The van der Waals surface area contributed by atoms with Gasteiger partial charge in [0, 0.05) is 49.2 Å². The number of hydrogen-bond acceptors (Lipinski definition) is 7. The van der Waals surface area contributed by atoms with Crippen LogP contribution in [0.15, 0.2) is 77.0 Å². The van der Waals surface area contributed by atoms with E-state index in [1.54, 1.807) is 11.6 Å². The molecule has 0 radical (unpaired) electrons. The summed E-state index contributed by atoms with van der Waals surface area (Å²) < 4.78 is 28.1. The normalized spacial score (nSPS) is 14.0. The van der Waals surface area contributed by atoms with E-state index in [9.17, 15) is 18.0 Å². The van der Waals surface area contributed by atoms with Gasteiger partial charge in [0.25, 0.3) is 11.5 Å². The van der Waals surface area contributed by atoms with E-state index >= 15 is 0 Å². The molecule has 1 aliphatic heterocycles. The molecule has 0 saturated carbocycles. The van der Waals surface area contributed by atoms with Crippen LogP contribution in [-0.4, -0.2) is 58.5 Å². The van der Waals surface area contributed by atoms with Gasteiger partial charge in [0.2, 0.25) is 10.0 Å². The molecule has 4 aromatic rings. The number of nitrogen functional groups attached to an aromatic ring is 1. The smallest absolute Gasteiger partial charge is 0.264 e. The Balaban J connectivity index is 0.000000276. The van der Waals surface area contributed by atoms with Gasteiger partial charge in [-0.15, -0.1) is 0 Å². The van der Waals surface area contributed by atoms with Crippen molar-refractivity contribution in [2.75, 3.05) is 25.1 Å². The molecular weight excluding hydrogens is 590 g/mol. The number of aryl methyl sites for hydroxylation is 2. The number of anilines is 1. The lowest BCUT2D eigenvalue weighted by molar-refractivity contribution is 0.100. The fourth-order valence-electron chi connectivity index (χ4n) is 5.19. The first-order chi connectivity index (χ1) is 21.5. The third-order valence-electron chi connectivity index (χ3n) is 7.43. The highest BCUT2D eigenvalue weighted by Crippen LogP contribution is 2.23. The van der Waals surface area contributed by atoms with Crippen LogP contribution in [0.2, 0.25) is 0 Å². The maximum absolute atomic E-state index is 13.6. The van der Waals surface area contributed by atoms with Crippen LogP contribution in [0.25, 0.3) is 16.5 Å². The van der Waals surface area contributed by atoms with Gasteiger partial charge in [-0.2, -0.15) is 5.10 Å². The summed E-state index contributed by atoms with van der Waals surface area (Å²) in [5.41, 5.74) is 13.2. The number of sulfonamides is 1. The molecule has 0 aliphatic carbocycles. The molecule has 45 heavy (non-hydrogen) atoms. The molecule has 1 fully saturated rings. The summed E-state index contributed by atoms with van der Waals surface area (Å²) in [4.78, 5) is 28.5. The highest BCUT2D eigenvalue weighted by molar-refractivity contribution is 7.88. The summed E-state index contributed by atoms with van der Waals surface area (Å²) in [7, 11) is -1.52. The highest BCUT2D eigenvalue weighted by atomic mass is 32.2. The number of pyridine rings is 1. The average Bonchev–Trinajstić information content (AvgIpc) is 3.31. The minimum Gasteiger partial charge on any atom is -0.381 e. The van der Waals surface area contributed by atoms with Crippen LogP contribution in [0.5, 0.6) is 0 Å². The van der Waals surface area contributed by atoms with E-state index in [4.69, 9.17) is 11.5 Å². The van der Waals surface area contributed by atoms with Crippen LogP contribution in [0.1, 0.15) is 41.4 Å². The lowest BCUT2D eigenvalue weighted by atomic mass is 9.97. The number of allylic oxidation sites excluding steroid dienone is 1. The third kappa shape index (κ3) is 7.57. The SMILES string of the molecule is C=C/C=N\c1c(C(N)=O)c(N)nn1C.CCc1cc2cccc(C#CC3CCN(S(C)(=O)=O)CC3)c2c(=O)n1-c1ccccc1. The van der Waals surface area contributed by atoms with Crippen molar-refractivity contribution in [1.82, 2.24) is 18.7 Å². The zero-order chi connectivity index (χ0) is 32.7. The van der Waals surface area contributed by atoms with Crippen molar-refractivity contribution >= 4 is 44.6 Å². The largest absolute Gasteiger partial charge is 0.381 e. The van der Waals surface area contributed by atoms with Crippen molar-refractivity contribution in [3.8, 4) is 17.5 Å². The molecule has 4 N–H and O–H groups in total. The van der Waals surface area contributed by atoms with Crippen LogP contribution in [-0.2, 0) is 23.5 Å². The maximum atomic E-state index is 13.6. The maximum Gasteiger partial charge on any atom is 0.264 e. The number of carbonyl (C=O) groups excluding carboxylic acids is 1. The van der Waals surface area contributed by atoms with Crippen LogP contribution >= 0.6 is 0 Å². The number of hydrogen-bond donors (Lipinski definition) is 2. The number of aromatic nitrogens is 3. The molecule has 0 unspecified atom stereocenters. The molecule has 1 amide bonds. The van der Waals surface area contributed by atoms with Gasteiger partial charge in [-0.05, 0) is 48.9 Å². The number of primary amides is 1. The van der Waals surface area contributed by atoms with E-state index in [1.807, 2.05) is 55.5 Å². The van der Waals surface area contributed by atoms with Gasteiger partial charge >= 0.3 is 0 Å². The zero-order valence-corrected chi connectivity index (χ0v) is 26.4. The van der Waals surface area contributed by atoms with Gasteiger partial charge < -0.3 is 11.5 Å². The van der Waals surface area contributed by atoms with E-state index in [1.165, 1.54) is 27.5 Å². The topological polar surface area (TPSA) is 159 Å². The second-order valence-electron chi connectivity index (χ2n) is 10.5. The number of fused-ring (bicyclic) bond motifs is 1. The number of para-hydroxylation sites is 1. The summed E-state index contributed by atoms with van der Waals surface area (Å²) in [5.74, 6) is 6.42. The number of piperidine rings is 1. The van der Waals surface area contributed by atoms with Crippen molar-refractivity contribution in [2.24, 2.45) is 23.7 Å². The summed E-state index contributed by atoms with van der Waals surface area (Å²) >= 11 is 0. The molecule has 1 aliphatic rings. The first kappa shape index (κ1) is 32.9. The number of rotatable bonds is 6. The van der Waals surface area contributed by atoms with Crippen molar-refractivity contribution in [1.29, 1.82) is 0 Å². The molecule has 0 atom stereocenters. The average molecular weight is 628 g/mol. The molecule has 234 valence electrons. The quantitative estimate of drug-likeness (QED) is 0.246. The third-order valence-corrected chi connectivity index (χ3v) is 8.73. The predicted molar refractivity (Wildman–Crippen MR) is 179 cm³/mol. The highest BCUT2D eigenvalue weighted by Gasteiger charge is 2.24. The van der Waals surface area contributed by atoms with E-state index in [-0.39, 0.29) is 22.9 Å². The predicted octanol–water partition coefficient (Wildman–Crippen LogP) is 3.57. The Kier molecular flexibility index (Phi) is 10.4. The number of aliphatic imine (C=N–C) groups is 1. The molecule has 2 aromatic carbocycles. The lowest BCUT2D eigenvalue weighted by Crippen LogP contribution is -2.37. The molecule has 2 aromatic heterocycles.